The maximum absolute atomic E-state index is 12.0. The highest BCUT2D eigenvalue weighted by Crippen LogP contribution is 2.22. The first-order valence-corrected chi connectivity index (χ1v) is 4.67. The Morgan fingerprint density at radius 3 is 2.31 bits per heavy atom. The number of alkyl halides is 3. The van der Waals surface area contributed by atoms with Gasteiger partial charge in [0.1, 0.15) is 5.54 Å². The van der Waals surface area contributed by atoms with Gasteiger partial charge in [-0.25, -0.2) is 0 Å². The molecule has 0 aliphatic rings. The Balaban J connectivity index is 4.04. The molecule has 0 amide bonds. The summed E-state index contributed by atoms with van der Waals surface area (Å²) in [5.41, 5.74) is 4.20. The van der Waals surface area contributed by atoms with E-state index in [-0.39, 0.29) is 13.0 Å². The van der Waals surface area contributed by atoms with Gasteiger partial charge in [0.2, 0.25) is 0 Å². The molecule has 0 saturated heterocycles. The predicted octanol–water partition coefficient (Wildman–Crippen LogP) is 1.23. The van der Waals surface area contributed by atoms with E-state index in [1.807, 2.05) is 0 Å². The summed E-state index contributed by atoms with van der Waals surface area (Å²) in [6, 6.07) is 0. The standard InChI is InChI=1S/C9H16F3NO3/c1-6(9(10,11)12)16-5-4-8(2,13)7(14)15-3/h6H,4-5,13H2,1-3H3. The van der Waals surface area contributed by atoms with Crippen LogP contribution in [0.4, 0.5) is 13.2 Å². The van der Waals surface area contributed by atoms with E-state index in [1.54, 1.807) is 0 Å². The maximum atomic E-state index is 12.0. The van der Waals surface area contributed by atoms with Crippen molar-refractivity contribution in [1.82, 2.24) is 0 Å². The molecular formula is C9H16F3NO3. The van der Waals surface area contributed by atoms with Gasteiger partial charge < -0.3 is 15.2 Å². The van der Waals surface area contributed by atoms with Gasteiger partial charge in [-0.3, -0.25) is 4.79 Å². The number of rotatable bonds is 5. The Hall–Kier alpha value is -0.820. The van der Waals surface area contributed by atoms with Crippen molar-refractivity contribution in [3.8, 4) is 0 Å². The number of carbonyl (C=O) groups excluding carboxylic acids is 1. The molecular weight excluding hydrogens is 227 g/mol. The SMILES string of the molecule is COC(=O)C(C)(N)CCOC(C)C(F)(F)F. The second kappa shape index (κ2) is 5.49. The maximum Gasteiger partial charge on any atom is 0.414 e. The van der Waals surface area contributed by atoms with Crippen molar-refractivity contribution < 1.29 is 27.4 Å². The van der Waals surface area contributed by atoms with Gasteiger partial charge in [-0.05, 0) is 20.3 Å². The van der Waals surface area contributed by atoms with E-state index in [4.69, 9.17) is 5.73 Å². The summed E-state index contributed by atoms with van der Waals surface area (Å²) in [6.45, 7) is 2.01. The van der Waals surface area contributed by atoms with Gasteiger partial charge in [0.25, 0.3) is 0 Å². The number of hydrogen-bond acceptors (Lipinski definition) is 4. The van der Waals surface area contributed by atoms with Gasteiger partial charge in [-0.15, -0.1) is 0 Å². The van der Waals surface area contributed by atoms with Crippen LogP contribution in [0.3, 0.4) is 0 Å². The molecule has 2 N–H and O–H groups in total. The van der Waals surface area contributed by atoms with Crippen LogP contribution in [0, 0.1) is 0 Å². The molecule has 0 aromatic rings. The Bertz CT molecular complexity index is 241. The third-order valence-electron chi connectivity index (χ3n) is 2.10. The molecule has 0 fully saturated rings. The summed E-state index contributed by atoms with van der Waals surface area (Å²) in [4.78, 5) is 11.1. The van der Waals surface area contributed by atoms with Crippen LogP contribution in [0.25, 0.3) is 0 Å². The zero-order chi connectivity index (χ0) is 13.0. The molecule has 16 heavy (non-hydrogen) atoms. The molecule has 4 nitrogen and oxygen atoms in total. The first-order valence-electron chi connectivity index (χ1n) is 4.67. The van der Waals surface area contributed by atoms with E-state index >= 15 is 0 Å². The summed E-state index contributed by atoms with van der Waals surface area (Å²) in [5, 5.41) is 0. The van der Waals surface area contributed by atoms with Gasteiger partial charge in [-0.2, -0.15) is 13.2 Å². The van der Waals surface area contributed by atoms with E-state index < -0.39 is 23.8 Å². The van der Waals surface area contributed by atoms with Crippen LogP contribution in [-0.4, -0.2) is 37.5 Å². The van der Waals surface area contributed by atoms with Crippen molar-refractivity contribution in [1.29, 1.82) is 0 Å². The predicted molar refractivity (Wildman–Crippen MR) is 50.7 cm³/mol. The molecule has 0 radical (unpaired) electrons. The number of carbonyl (C=O) groups is 1. The van der Waals surface area contributed by atoms with E-state index in [0.29, 0.717) is 0 Å². The summed E-state index contributed by atoms with van der Waals surface area (Å²) in [5.74, 6) is -0.684. The Labute approximate surface area is 91.9 Å². The van der Waals surface area contributed by atoms with Crippen LogP contribution in [-0.2, 0) is 14.3 Å². The fourth-order valence-corrected chi connectivity index (χ4v) is 0.877. The number of hydrogen-bond donors (Lipinski definition) is 1. The minimum absolute atomic E-state index is 0.0416. The lowest BCUT2D eigenvalue weighted by molar-refractivity contribution is -0.215. The van der Waals surface area contributed by atoms with Crippen molar-refractivity contribution in [3.05, 3.63) is 0 Å². The van der Waals surface area contributed by atoms with Gasteiger partial charge >= 0.3 is 12.1 Å². The molecule has 0 aliphatic heterocycles. The van der Waals surface area contributed by atoms with Crippen LogP contribution in [0.2, 0.25) is 0 Å². The lowest BCUT2D eigenvalue weighted by Gasteiger charge is -2.23. The zero-order valence-electron chi connectivity index (χ0n) is 9.43. The van der Waals surface area contributed by atoms with E-state index in [9.17, 15) is 18.0 Å². The average Bonchev–Trinajstić information content (AvgIpc) is 2.14. The monoisotopic (exact) mass is 243 g/mol. The highest BCUT2D eigenvalue weighted by Gasteiger charge is 2.37. The van der Waals surface area contributed by atoms with E-state index in [1.165, 1.54) is 6.92 Å². The van der Waals surface area contributed by atoms with Crippen LogP contribution in [0.1, 0.15) is 20.3 Å². The molecule has 0 spiro atoms. The first-order chi connectivity index (χ1) is 7.11. The van der Waals surface area contributed by atoms with Crippen LogP contribution in [0.5, 0.6) is 0 Å². The third-order valence-corrected chi connectivity index (χ3v) is 2.10. The second-order valence-corrected chi connectivity index (χ2v) is 3.71. The Kier molecular flexibility index (Phi) is 5.21. The second-order valence-electron chi connectivity index (χ2n) is 3.71. The quantitative estimate of drug-likeness (QED) is 0.738. The molecule has 0 bridgehead atoms. The molecule has 0 aliphatic carbocycles. The van der Waals surface area contributed by atoms with Crippen molar-refractivity contribution in [2.24, 2.45) is 5.73 Å². The molecule has 96 valence electrons. The van der Waals surface area contributed by atoms with Crippen LogP contribution >= 0.6 is 0 Å². The minimum atomic E-state index is -4.41. The minimum Gasteiger partial charge on any atom is -0.468 e. The lowest BCUT2D eigenvalue weighted by Crippen LogP contribution is -2.47. The molecule has 0 saturated carbocycles. The van der Waals surface area contributed by atoms with Gasteiger partial charge in [0, 0.05) is 6.61 Å². The van der Waals surface area contributed by atoms with Crippen molar-refractivity contribution in [2.45, 2.75) is 38.1 Å². The largest absolute Gasteiger partial charge is 0.468 e. The third kappa shape index (κ3) is 4.80. The molecule has 0 aromatic carbocycles. The highest BCUT2D eigenvalue weighted by molar-refractivity contribution is 5.79. The number of ether oxygens (including phenoxy) is 2. The van der Waals surface area contributed by atoms with Crippen LogP contribution < -0.4 is 5.73 Å². The lowest BCUT2D eigenvalue weighted by atomic mass is 10.0. The Morgan fingerprint density at radius 2 is 1.94 bits per heavy atom. The number of esters is 1. The summed E-state index contributed by atoms with van der Waals surface area (Å²) in [7, 11) is 1.16. The average molecular weight is 243 g/mol. The van der Waals surface area contributed by atoms with Crippen molar-refractivity contribution in [3.63, 3.8) is 0 Å². The van der Waals surface area contributed by atoms with Gasteiger partial charge in [0.15, 0.2) is 6.10 Å². The summed E-state index contributed by atoms with van der Waals surface area (Å²) >= 11 is 0. The summed E-state index contributed by atoms with van der Waals surface area (Å²) in [6.07, 6.45) is -6.32. The van der Waals surface area contributed by atoms with Gasteiger partial charge in [-0.1, -0.05) is 0 Å². The summed E-state index contributed by atoms with van der Waals surface area (Å²) < 4.78 is 45.1. The van der Waals surface area contributed by atoms with E-state index in [0.717, 1.165) is 14.0 Å². The zero-order valence-corrected chi connectivity index (χ0v) is 9.43. The molecule has 0 rings (SSSR count). The number of methoxy groups -OCH3 is 1. The fraction of sp³-hybridized carbons (Fsp3) is 0.889. The fourth-order valence-electron chi connectivity index (χ4n) is 0.877. The first kappa shape index (κ1) is 15.2. The van der Waals surface area contributed by atoms with Crippen molar-refractivity contribution in [2.75, 3.05) is 13.7 Å². The van der Waals surface area contributed by atoms with E-state index in [2.05, 4.69) is 9.47 Å². The molecule has 0 heterocycles. The topological polar surface area (TPSA) is 61.5 Å². The molecule has 2 atom stereocenters. The smallest absolute Gasteiger partial charge is 0.414 e. The molecule has 7 heteroatoms. The number of halogens is 3. The normalized spacial score (nSPS) is 17.7. The highest BCUT2D eigenvalue weighted by atomic mass is 19.4. The molecule has 2 unspecified atom stereocenters. The van der Waals surface area contributed by atoms with Crippen LogP contribution in [0.15, 0.2) is 0 Å². The molecule has 0 aromatic heterocycles. The van der Waals surface area contributed by atoms with Gasteiger partial charge in [0.05, 0.1) is 7.11 Å². The Morgan fingerprint density at radius 1 is 1.44 bits per heavy atom. The van der Waals surface area contributed by atoms with Crippen molar-refractivity contribution >= 4 is 5.97 Å². The number of nitrogens with two attached hydrogens (primary N) is 1.